The van der Waals surface area contributed by atoms with E-state index in [9.17, 15) is 4.79 Å². The fourth-order valence-electron chi connectivity index (χ4n) is 1.35. The zero-order valence-electron chi connectivity index (χ0n) is 10.5. The fraction of sp³-hybridized carbons (Fsp3) is 0.538. The van der Waals surface area contributed by atoms with Gasteiger partial charge in [0, 0.05) is 31.3 Å². The van der Waals surface area contributed by atoms with Gasteiger partial charge in [-0.05, 0) is 26.0 Å². The summed E-state index contributed by atoms with van der Waals surface area (Å²) in [5.74, 6) is 0.0292. The van der Waals surface area contributed by atoms with Crippen LogP contribution in [0.4, 0.5) is 0 Å². The Morgan fingerprint density at radius 1 is 1.47 bits per heavy atom. The summed E-state index contributed by atoms with van der Waals surface area (Å²) in [6, 6.07) is 5.78. The van der Waals surface area contributed by atoms with E-state index in [1.165, 1.54) is 0 Å². The van der Waals surface area contributed by atoms with Crippen molar-refractivity contribution in [3.8, 4) is 0 Å². The van der Waals surface area contributed by atoms with Crippen molar-refractivity contribution in [3.63, 3.8) is 0 Å². The first-order valence-corrected chi connectivity index (χ1v) is 5.96. The van der Waals surface area contributed by atoms with Crippen LogP contribution in [0.15, 0.2) is 24.4 Å². The summed E-state index contributed by atoms with van der Waals surface area (Å²) >= 11 is 0. The first kappa shape index (κ1) is 13.6. The van der Waals surface area contributed by atoms with E-state index in [4.69, 9.17) is 4.74 Å². The molecule has 0 aliphatic heterocycles. The Balaban J connectivity index is 2.08. The lowest BCUT2D eigenvalue weighted by Crippen LogP contribution is -2.27. The van der Waals surface area contributed by atoms with E-state index in [0.717, 1.165) is 12.1 Å². The summed E-state index contributed by atoms with van der Waals surface area (Å²) in [6.07, 6.45) is 3.11. The van der Waals surface area contributed by atoms with Gasteiger partial charge >= 0.3 is 0 Å². The Morgan fingerprint density at radius 2 is 2.29 bits per heavy atom. The molecule has 17 heavy (non-hydrogen) atoms. The van der Waals surface area contributed by atoms with Crippen LogP contribution in [-0.2, 0) is 16.0 Å². The van der Waals surface area contributed by atoms with Crippen LogP contribution < -0.4 is 5.32 Å². The van der Waals surface area contributed by atoms with Crippen LogP contribution in [0.2, 0.25) is 0 Å². The molecule has 4 heteroatoms. The van der Waals surface area contributed by atoms with Crippen LogP contribution >= 0.6 is 0 Å². The zero-order chi connectivity index (χ0) is 12.5. The molecule has 0 saturated carbocycles. The van der Waals surface area contributed by atoms with Crippen molar-refractivity contribution in [2.45, 2.75) is 32.8 Å². The monoisotopic (exact) mass is 236 g/mol. The quantitative estimate of drug-likeness (QED) is 0.781. The van der Waals surface area contributed by atoms with Crippen molar-refractivity contribution in [1.29, 1.82) is 0 Å². The molecule has 0 atom stereocenters. The van der Waals surface area contributed by atoms with Gasteiger partial charge in [0.25, 0.3) is 0 Å². The number of amides is 1. The number of hydrogen-bond donors (Lipinski definition) is 1. The smallest absolute Gasteiger partial charge is 0.222 e. The summed E-state index contributed by atoms with van der Waals surface area (Å²) in [5, 5.41) is 2.85. The second-order valence-corrected chi connectivity index (χ2v) is 4.09. The Morgan fingerprint density at radius 3 is 2.94 bits per heavy atom. The molecule has 0 spiro atoms. The number of carbonyl (C=O) groups is 1. The molecule has 0 aliphatic carbocycles. The van der Waals surface area contributed by atoms with Gasteiger partial charge in [-0.15, -0.1) is 0 Å². The highest BCUT2D eigenvalue weighted by molar-refractivity contribution is 5.75. The molecule has 1 N–H and O–H groups in total. The molecule has 0 radical (unpaired) electrons. The van der Waals surface area contributed by atoms with E-state index in [-0.39, 0.29) is 12.0 Å². The van der Waals surface area contributed by atoms with Crippen LogP contribution in [-0.4, -0.2) is 30.1 Å². The first-order chi connectivity index (χ1) is 8.18. The minimum atomic E-state index is 0.0292. The van der Waals surface area contributed by atoms with E-state index >= 15 is 0 Å². The van der Waals surface area contributed by atoms with Crippen LogP contribution in [0.5, 0.6) is 0 Å². The number of hydrogen-bond acceptors (Lipinski definition) is 3. The summed E-state index contributed by atoms with van der Waals surface area (Å²) in [5.41, 5.74) is 0.992. The molecule has 0 aliphatic rings. The maximum atomic E-state index is 11.4. The molecule has 1 rings (SSSR count). The number of nitrogens with zero attached hydrogens (tertiary/aromatic N) is 1. The summed E-state index contributed by atoms with van der Waals surface area (Å²) in [6.45, 7) is 5.02. The molecular formula is C13H20N2O2. The second-order valence-electron chi connectivity index (χ2n) is 4.09. The van der Waals surface area contributed by atoms with E-state index in [0.29, 0.717) is 19.6 Å². The number of pyridine rings is 1. The zero-order valence-corrected chi connectivity index (χ0v) is 10.5. The van der Waals surface area contributed by atoms with E-state index in [1.54, 1.807) is 6.20 Å². The van der Waals surface area contributed by atoms with Crippen LogP contribution in [0.25, 0.3) is 0 Å². The van der Waals surface area contributed by atoms with Gasteiger partial charge < -0.3 is 10.1 Å². The summed E-state index contributed by atoms with van der Waals surface area (Å²) in [7, 11) is 0. The van der Waals surface area contributed by atoms with Crippen LogP contribution in [0, 0.1) is 0 Å². The average Bonchev–Trinajstić information content (AvgIpc) is 2.30. The maximum absolute atomic E-state index is 11.4. The van der Waals surface area contributed by atoms with Gasteiger partial charge in [-0.1, -0.05) is 6.07 Å². The lowest BCUT2D eigenvalue weighted by atomic mass is 10.2. The molecule has 0 bridgehead atoms. The SMILES string of the molecule is CC(C)OCCC(=O)NCCc1ccccn1. The predicted molar refractivity (Wildman–Crippen MR) is 66.7 cm³/mol. The Labute approximate surface area is 102 Å². The standard InChI is InChI=1S/C13H20N2O2/c1-11(2)17-10-7-13(16)15-9-6-12-5-3-4-8-14-12/h3-5,8,11H,6-7,9-10H2,1-2H3,(H,15,16). The van der Waals surface area contributed by atoms with Gasteiger partial charge in [0.2, 0.25) is 5.91 Å². The van der Waals surface area contributed by atoms with E-state index in [2.05, 4.69) is 10.3 Å². The number of aromatic nitrogens is 1. The molecule has 0 fully saturated rings. The van der Waals surface area contributed by atoms with Crippen molar-refractivity contribution in [3.05, 3.63) is 30.1 Å². The number of nitrogens with one attached hydrogen (secondary N) is 1. The highest BCUT2D eigenvalue weighted by Crippen LogP contribution is 1.94. The molecule has 0 unspecified atom stereocenters. The van der Waals surface area contributed by atoms with Gasteiger partial charge in [-0.25, -0.2) is 0 Å². The Bertz CT molecular complexity index is 325. The van der Waals surface area contributed by atoms with Crippen molar-refractivity contribution < 1.29 is 9.53 Å². The molecular weight excluding hydrogens is 216 g/mol. The number of rotatable bonds is 7. The van der Waals surface area contributed by atoms with Crippen molar-refractivity contribution >= 4 is 5.91 Å². The van der Waals surface area contributed by atoms with Crippen LogP contribution in [0.1, 0.15) is 26.0 Å². The minimum Gasteiger partial charge on any atom is -0.378 e. The molecule has 1 aromatic heterocycles. The van der Waals surface area contributed by atoms with E-state index in [1.807, 2.05) is 32.0 Å². The molecule has 94 valence electrons. The van der Waals surface area contributed by atoms with Crippen LogP contribution in [0.3, 0.4) is 0 Å². The van der Waals surface area contributed by atoms with Gasteiger partial charge in [0.1, 0.15) is 0 Å². The highest BCUT2D eigenvalue weighted by Gasteiger charge is 2.02. The Kier molecular flexibility index (Phi) is 6.25. The third-order valence-corrected chi connectivity index (χ3v) is 2.21. The maximum Gasteiger partial charge on any atom is 0.222 e. The topological polar surface area (TPSA) is 51.2 Å². The van der Waals surface area contributed by atoms with Crippen molar-refractivity contribution in [2.75, 3.05) is 13.2 Å². The molecule has 1 heterocycles. The highest BCUT2D eigenvalue weighted by atomic mass is 16.5. The number of carbonyl (C=O) groups excluding carboxylic acids is 1. The van der Waals surface area contributed by atoms with Crippen molar-refractivity contribution in [1.82, 2.24) is 10.3 Å². The molecule has 4 nitrogen and oxygen atoms in total. The lowest BCUT2D eigenvalue weighted by molar-refractivity contribution is -0.122. The second kappa shape index (κ2) is 7.79. The van der Waals surface area contributed by atoms with Gasteiger partial charge in [0.15, 0.2) is 0 Å². The Hall–Kier alpha value is -1.42. The average molecular weight is 236 g/mol. The largest absolute Gasteiger partial charge is 0.378 e. The third-order valence-electron chi connectivity index (χ3n) is 2.21. The first-order valence-electron chi connectivity index (χ1n) is 5.96. The lowest BCUT2D eigenvalue weighted by Gasteiger charge is -2.07. The van der Waals surface area contributed by atoms with E-state index < -0.39 is 0 Å². The van der Waals surface area contributed by atoms with Gasteiger partial charge in [0.05, 0.1) is 12.7 Å². The minimum absolute atomic E-state index is 0.0292. The third kappa shape index (κ3) is 6.68. The normalized spacial score (nSPS) is 10.5. The molecule has 0 aromatic carbocycles. The molecule has 1 aromatic rings. The van der Waals surface area contributed by atoms with Crippen molar-refractivity contribution in [2.24, 2.45) is 0 Å². The number of ether oxygens (including phenoxy) is 1. The summed E-state index contributed by atoms with van der Waals surface area (Å²) in [4.78, 5) is 15.6. The van der Waals surface area contributed by atoms with Gasteiger partial charge in [-0.2, -0.15) is 0 Å². The fourth-order valence-corrected chi connectivity index (χ4v) is 1.35. The predicted octanol–water partition coefficient (Wildman–Crippen LogP) is 1.56. The molecule has 0 saturated heterocycles. The van der Waals surface area contributed by atoms with Gasteiger partial charge in [-0.3, -0.25) is 9.78 Å². The molecule has 1 amide bonds. The summed E-state index contributed by atoms with van der Waals surface area (Å²) < 4.78 is 5.30.